The minimum Gasteiger partial charge on any atom is -0.454 e. The number of ether oxygens (including phenoxy) is 2. The van der Waals surface area contributed by atoms with Crippen LogP contribution in [0.1, 0.15) is 5.56 Å². The van der Waals surface area contributed by atoms with E-state index >= 15 is 0 Å². The Morgan fingerprint density at radius 1 is 1.48 bits per heavy atom. The molecule has 1 aliphatic rings. The lowest BCUT2D eigenvalue weighted by atomic mass is 10.2. The highest BCUT2D eigenvalue weighted by molar-refractivity contribution is 5.83. The molecule has 108 valence electrons. The van der Waals surface area contributed by atoms with E-state index in [2.05, 4.69) is 25.9 Å². The number of hydrogen-bond donors (Lipinski definition) is 2. The van der Waals surface area contributed by atoms with Gasteiger partial charge in [0, 0.05) is 0 Å². The number of nitrogens with two attached hydrogens (primary N) is 1. The third-order valence-corrected chi connectivity index (χ3v) is 2.55. The number of hydrogen-bond acceptors (Lipinski definition) is 8. The van der Waals surface area contributed by atoms with Crippen molar-refractivity contribution in [2.24, 2.45) is 5.10 Å². The molecule has 2 aromatic rings. The number of nitrogens with zero attached hydrogens (tertiary/aromatic N) is 5. The van der Waals surface area contributed by atoms with E-state index in [0.717, 1.165) is 10.4 Å². The number of amides is 1. The summed E-state index contributed by atoms with van der Waals surface area (Å²) in [4.78, 5) is 12.6. The molecule has 3 rings (SSSR count). The third kappa shape index (κ3) is 3.05. The van der Waals surface area contributed by atoms with E-state index in [-0.39, 0.29) is 19.3 Å². The van der Waals surface area contributed by atoms with Gasteiger partial charge in [0.1, 0.15) is 6.54 Å². The number of carbonyl (C=O) groups is 1. The van der Waals surface area contributed by atoms with Gasteiger partial charge in [0.2, 0.25) is 6.79 Å². The number of carbonyl (C=O) groups excluding carboxylic acids is 1. The maximum absolute atomic E-state index is 11.6. The molecule has 0 aliphatic carbocycles. The molecule has 0 unspecified atom stereocenters. The molecule has 1 amide bonds. The first-order valence-corrected chi connectivity index (χ1v) is 5.95. The number of hydrazone groups is 1. The lowest BCUT2D eigenvalue weighted by Crippen LogP contribution is -2.24. The van der Waals surface area contributed by atoms with Gasteiger partial charge in [-0.25, -0.2) is 5.43 Å². The summed E-state index contributed by atoms with van der Waals surface area (Å²) in [5.41, 5.74) is 8.40. The van der Waals surface area contributed by atoms with Crippen LogP contribution >= 0.6 is 0 Å². The number of tetrazole rings is 1. The van der Waals surface area contributed by atoms with E-state index in [4.69, 9.17) is 15.2 Å². The van der Waals surface area contributed by atoms with Gasteiger partial charge in [-0.3, -0.25) is 4.79 Å². The lowest BCUT2D eigenvalue weighted by molar-refractivity contribution is -0.122. The lowest BCUT2D eigenvalue weighted by Gasteiger charge is -1.99. The molecule has 1 aromatic carbocycles. The molecule has 0 fully saturated rings. The van der Waals surface area contributed by atoms with E-state index in [9.17, 15) is 4.79 Å². The summed E-state index contributed by atoms with van der Waals surface area (Å²) in [5.74, 6) is 0.939. The molecular weight excluding hydrogens is 278 g/mol. The molecule has 0 atom stereocenters. The fourth-order valence-corrected chi connectivity index (χ4v) is 1.66. The second-order valence-corrected chi connectivity index (χ2v) is 4.08. The molecule has 1 aliphatic heterocycles. The summed E-state index contributed by atoms with van der Waals surface area (Å²) in [5, 5.41) is 14.5. The average Bonchev–Trinajstić information content (AvgIpc) is 3.07. The molecule has 0 saturated heterocycles. The van der Waals surface area contributed by atoms with Crippen LogP contribution in [0.2, 0.25) is 0 Å². The highest BCUT2D eigenvalue weighted by Gasteiger charge is 2.12. The monoisotopic (exact) mass is 289 g/mol. The van der Waals surface area contributed by atoms with Crippen molar-refractivity contribution in [3.05, 3.63) is 23.8 Å². The molecule has 10 heteroatoms. The van der Waals surface area contributed by atoms with Crippen molar-refractivity contribution >= 4 is 18.1 Å². The van der Waals surface area contributed by atoms with Crippen LogP contribution in [0, 0.1) is 0 Å². The Labute approximate surface area is 118 Å². The van der Waals surface area contributed by atoms with Gasteiger partial charge in [-0.05, 0) is 29.0 Å². The zero-order valence-corrected chi connectivity index (χ0v) is 10.8. The Morgan fingerprint density at radius 2 is 2.33 bits per heavy atom. The quantitative estimate of drug-likeness (QED) is 0.553. The molecule has 21 heavy (non-hydrogen) atoms. The predicted octanol–water partition coefficient (Wildman–Crippen LogP) is -0.866. The fourth-order valence-electron chi connectivity index (χ4n) is 1.66. The van der Waals surface area contributed by atoms with Gasteiger partial charge in [-0.2, -0.15) is 9.90 Å². The smallest absolute Gasteiger partial charge is 0.263 e. The van der Waals surface area contributed by atoms with E-state index in [0.29, 0.717) is 11.5 Å². The van der Waals surface area contributed by atoms with Gasteiger partial charge in [-0.15, -0.1) is 5.10 Å². The van der Waals surface area contributed by atoms with Crippen molar-refractivity contribution in [3.8, 4) is 11.5 Å². The summed E-state index contributed by atoms with van der Waals surface area (Å²) in [6.45, 7) is 0.0867. The van der Waals surface area contributed by atoms with Crippen molar-refractivity contribution < 1.29 is 14.3 Å². The summed E-state index contributed by atoms with van der Waals surface area (Å²) in [6, 6.07) is 5.33. The number of benzene rings is 1. The number of rotatable bonds is 4. The number of nitrogens with one attached hydrogen (secondary N) is 1. The first-order chi connectivity index (χ1) is 10.2. The normalized spacial score (nSPS) is 12.8. The van der Waals surface area contributed by atoms with Crippen LogP contribution in [0.4, 0.5) is 5.95 Å². The van der Waals surface area contributed by atoms with E-state index in [1.807, 2.05) is 0 Å². The summed E-state index contributed by atoms with van der Waals surface area (Å²) in [7, 11) is 0. The molecule has 10 nitrogen and oxygen atoms in total. The maximum atomic E-state index is 11.6. The summed E-state index contributed by atoms with van der Waals surface area (Å²) < 4.78 is 10.4. The van der Waals surface area contributed by atoms with Crippen molar-refractivity contribution in [2.75, 3.05) is 12.5 Å². The predicted molar refractivity (Wildman–Crippen MR) is 70.5 cm³/mol. The van der Waals surface area contributed by atoms with Crippen molar-refractivity contribution in [1.82, 2.24) is 25.6 Å². The Kier molecular flexibility index (Phi) is 3.33. The Morgan fingerprint density at radius 3 is 3.14 bits per heavy atom. The molecule has 1 aromatic heterocycles. The van der Waals surface area contributed by atoms with Crippen LogP contribution in [0.3, 0.4) is 0 Å². The zero-order chi connectivity index (χ0) is 14.7. The van der Waals surface area contributed by atoms with Gasteiger partial charge in [0.25, 0.3) is 11.9 Å². The van der Waals surface area contributed by atoms with Crippen LogP contribution in [0.25, 0.3) is 0 Å². The maximum Gasteiger partial charge on any atom is 0.263 e. The molecular formula is C11H11N7O3. The minimum atomic E-state index is -0.399. The first-order valence-electron chi connectivity index (χ1n) is 5.95. The Hall–Kier alpha value is -3.17. The highest BCUT2D eigenvalue weighted by Crippen LogP contribution is 2.31. The summed E-state index contributed by atoms with van der Waals surface area (Å²) in [6.07, 6.45) is 1.49. The molecule has 3 N–H and O–H groups in total. The van der Waals surface area contributed by atoms with E-state index in [1.165, 1.54) is 6.21 Å². The van der Waals surface area contributed by atoms with Crippen LogP contribution in [0.5, 0.6) is 11.5 Å². The topological polar surface area (TPSA) is 130 Å². The Bertz CT molecular complexity index is 697. The van der Waals surface area contributed by atoms with Crippen LogP contribution in [-0.2, 0) is 11.3 Å². The van der Waals surface area contributed by atoms with Gasteiger partial charge >= 0.3 is 0 Å². The van der Waals surface area contributed by atoms with Crippen LogP contribution in [-0.4, -0.2) is 39.1 Å². The van der Waals surface area contributed by atoms with E-state index in [1.54, 1.807) is 18.2 Å². The molecule has 0 saturated carbocycles. The number of nitrogen functional groups attached to an aromatic ring is 1. The number of anilines is 1. The van der Waals surface area contributed by atoms with E-state index < -0.39 is 5.91 Å². The molecule has 0 bridgehead atoms. The molecule has 0 radical (unpaired) electrons. The zero-order valence-electron chi connectivity index (χ0n) is 10.8. The van der Waals surface area contributed by atoms with Gasteiger partial charge in [-0.1, -0.05) is 5.10 Å². The van der Waals surface area contributed by atoms with Crippen molar-refractivity contribution in [3.63, 3.8) is 0 Å². The fraction of sp³-hybridized carbons (Fsp3) is 0.182. The first kappa shape index (κ1) is 12.8. The highest BCUT2D eigenvalue weighted by atomic mass is 16.7. The second kappa shape index (κ2) is 5.45. The van der Waals surface area contributed by atoms with Crippen molar-refractivity contribution in [1.29, 1.82) is 0 Å². The van der Waals surface area contributed by atoms with Crippen LogP contribution in [0.15, 0.2) is 23.3 Å². The standard InChI is InChI=1S/C11H11N7O3/c12-11-15-17-18(16-11)5-10(19)14-13-4-7-1-2-8-9(3-7)21-6-20-8/h1-4H,5-6H2,(H2,12,16)(H,14,19). The molecule has 0 spiro atoms. The molecule has 2 heterocycles. The minimum absolute atomic E-state index is 0.00617. The second-order valence-electron chi connectivity index (χ2n) is 4.08. The van der Waals surface area contributed by atoms with Crippen LogP contribution < -0.4 is 20.6 Å². The number of aromatic nitrogens is 4. The largest absolute Gasteiger partial charge is 0.454 e. The van der Waals surface area contributed by atoms with Gasteiger partial charge < -0.3 is 15.2 Å². The SMILES string of the molecule is Nc1nnn(CC(=O)NN=Cc2ccc3c(c2)OCO3)n1. The van der Waals surface area contributed by atoms with Gasteiger partial charge in [0.05, 0.1) is 6.21 Å². The third-order valence-electron chi connectivity index (χ3n) is 2.55. The van der Waals surface area contributed by atoms with Gasteiger partial charge in [0.15, 0.2) is 11.5 Å². The Balaban J connectivity index is 1.55. The van der Waals surface area contributed by atoms with Crippen molar-refractivity contribution in [2.45, 2.75) is 6.54 Å². The summed E-state index contributed by atoms with van der Waals surface area (Å²) >= 11 is 0. The number of fused-ring (bicyclic) bond motifs is 1. The average molecular weight is 289 g/mol.